The van der Waals surface area contributed by atoms with E-state index in [1.54, 1.807) is 13.8 Å². The van der Waals surface area contributed by atoms with E-state index >= 15 is 0 Å². The van der Waals surface area contributed by atoms with Crippen LogP contribution in [0.4, 0.5) is 5.13 Å². The van der Waals surface area contributed by atoms with Crippen molar-refractivity contribution in [2.75, 3.05) is 12.4 Å². The highest BCUT2D eigenvalue weighted by Crippen LogP contribution is 2.33. The number of hydrogen-bond donors (Lipinski definition) is 2. The first-order valence-electron chi connectivity index (χ1n) is 10.8. The monoisotopic (exact) mass is 490 g/mol. The molecule has 0 radical (unpaired) electrons. The molecule has 0 aliphatic heterocycles. The highest BCUT2D eigenvalue weighted by molar-refractivity contribution is 7.14. The maximum Gasteiger partial charge on any atom is 0.363 e. The second kappa shape index (κ2) is 8.20. The van der Waals surface area contributed by atoms with Crippen LogP contribution in [0.15, 0.2) is 57.7 Å². The van der Waals surface area contributed by atoms with E-state index in [0.717, 1.165) is 26.8 Å². The number of aromatic amines is 1. The molecule has 10 nitrogen and oxygen atoms in total. The fourth-order valence-electron chi connectivity index (χ4n) is 4.07. The van der Waals surface area contributed by atoms with Gasteiger partial charge in [0.25, 0.3) is 11.5 Å². The first kappa shape index (κ1) is 22.5. The molecular formula is C24H22N6O4S. The van der Waals surface area contributed by atoms with Crippen LogP contribution >= 0.6 is 11.3 Å². The summed E-state index contributed by atoms with van der Waals surface area (Å²) < 4.78 is 2.32. The molecule has 5 rings (SSSR count). The van der Waals surface area contributed by atoms with Crippen LogP contribution in [0.25, 0.3) is 33.2 Å². The lowest BCUT2D eigenvalue weighted by Gasteiger charge is -2.25. The minimum Gasteiger partial charge on any atom is -0.411 e. The number of aryl methyl sites for hydroxylation is 1. The van der Waals surface area contributed by atoms with Gasteiger partial charge in [-0.25, -0.2) is 14.8 Å². The summed E-state index contributed by atoms with van der Waals surface area (Å²) >= 11 is 1.31. The highest BCUT2D eigenvalue weighted by Gasteiger charge is 2.34. The number of carbonyl (C=O) groups excluding carboxylic acids is 1. The maximum absolute atomic E-state index is 13.3. The Labute approximate surface area is 202 Å². The van der Waals surface area contributed by atoms with Crippen LogP contribution in [0.3, 0.4) is 0 Å². The minimum absolute atomic E-state index is 0.0184. The summed E-state index contributed by atoms with van der Waals surface area (Å²) in [5.41, 5.74) is 0.301. The zero-order valence-electron chi connectivity index (χ0n) is 19.4. The van der Waals surface area contributed by atoms with Crippen LogP contribution in [0.1, 0.15) is 19.4 Å². The molecule has 0 saturated carbocycles. The van der Waals surface area contributed by atoms with Gasteiger partial charge in [0.15, 0.2) is 16.3 Å². The Balaban J connectivity index is 1.50. The SMILES string of the molecule is COn1c(=O)[nH]c(=O)c2ncn(C(C)(C)C(=O)Nc3nc(-c4ccc(C)c5ccccc45)cs3)c21. The Morgan fingerprint density at radius 3 is 2.63 bits per heavy atom. The molecule has 0 saturated heterocycles. The third-order valence-corrected chi connectivity index (χ3v) is 6.80. The topological polar surface area (TPSA) is 124 Å². The number of benzene rings is 2. The van der Waals surface area contributed by atoms with E-state index in [0.29, 0.717) is 5.13 Å². The largest absolute Gasteiger partial charge is 0.411 e. The molecule has 0 bridgehead atoms. The van der Waals surface area contributed by atoms with Gasteiger partial charge in [0.2, 0.25) is 0 Å². The molecule has 0 aliphatic carbocycles. The first-order chi connectivity index (χ1) is 16.7. The predicted octanol–water partition coefficient (Wildman–Crippen LogP) is 2.90. The Morgan fingerprint density at radius 2 is 1.89 bits per heavy atom. The van der Waals surface area contributed by atoms with Gasteiger partial charge < -0.3 is 4.84 Å². The molecular weight excluding hydrogens is 468 g/mol. The average Bonchev–Trinajstić information content (AvgIpc) is 3.48. The molecule has 0 atom stereocenters. The van der Waals surface area contributed by atoms with Crippen molar-refractivity contribution in [3.63, 3.8) is 0 Å². The molecule has 1 amide bonds. The number of rotatable bonds is 5. The number of thiazole rings is 1. The van der Waals surface area contributed by atoms with Crippen molar-refractivity contribution >= 4 is 44.3 Å². The minimum atomic E-state index is -1.24. The molecule has 2 N–H and O–H groups in total. The van der Waals surface area contributed by atoms with Crippen LogP contribution in [0, 0.1) is 6.92 Å². The van der Waals surface area contributed by atoms with Crippen molar-refractivity contribution in [2.45, 2.75) is 26.3 Å². The maximum atomic E-state index is 13.3. The third kappa shape index (κ3) is 3.60. The summed E-state index contributed by atoms with van der Waals surface area (Å²) in [5, 5.41) is 7.42. The Bertz CT molecular complexity index is 1730. The number of carbonyl (C=O) groups is 1. The Kier molecular flexibility index (Phi) is 5.28. The van der Waals surface area contributed by atoms with Gasteiger partial charge in [-0.2, -0.15) is 0 Å². The smallest absolute Gasteiger partial charge is 0.363 e. The standard InChI is InChI=1S/C24H22N6O4S/c1-13-9-10-16(15-8-6-5-7-14(13)15)17-11-35-22(26-17)28-21(32)24(2,3)29-12-25-18-19(31)27-23(33)30(34-4)20(18)29/h5-12H,1-4H3,(H,26,28,32)(H,27,31,33). The summed E-state index contributed by atoms with van der Waals surface area (Å²) in [5.74, 6) is -0.401. The fourth-order valence-corrected chi connectivity index (χ4v) is 4.77. The molecule has 2 aromatic carbocycles. The number of hydrogen-bond acceptors (Lipinski definition) is 7. The van der Waals surface area contributed by atoms with E-state index in [-0.39, 0.29) is 11.2 Å². The van der Waals surface area contributed by atoms with Crippen molar-refractivity contribution in [1.29, 1.82) is 0 Å². The predicted molar refractivity (Wildman–Crippen MR) is 135 cm³/mol. The van der Waals surface area contributed by atoms with Crippen molar-refractivity contribution in [3.05, 3.63) is 74.5 Å². The van der Waals surface area contributed by atoms with E-state index in [2.05, 4.69) is 45.4 Å². The summed E-state index contributed by atoms with van der Waals surface area (Å²) in [6, 6.07) is 12.2. The van der Waals surface area contributed by atoms with Gasteiger partial charge in [-0.1, -0.05) is 36.4 Å². The molecule has 0 aliphatic rings. The first-order valence-corrected chi connectivity index (χ1v) is 11.6. The normalized spacial score (nSPS) is 11.8. The van der Waals surface area contributed by atoms with Crippen molar-refractivity contribution in [2.24, 2.45) is 0 Å². The van der Waals surface area contributed by atoms with Gasteiger partial charge in [0.1, 0.15) is 12.6 Å². The van der Waals surface area contributed by atoms with E-state index < -0.39 is 22.7 Å². The molecule has 3 heterocycles. The van der Waals surface area contributed by atoms with E-state index in [9.17, 15) is 14.4 Å². The summed E-state index contributed by atoms with van der Waals surface area (Å²) in [7, 11) is 1.29. The Morgan fingerprint density at radius 1 is 1.14 bits per heavy atom. The molecule has 178 valence electrons. The van der Waals surface area contributed by atoms with E-state index in [1.807, 2.05) is 23.6 Å². The second-order valence-electron chi connectivity index (χ2n) is 8.55. The van der Waals surface area contributed by atoms with Crippen molar-refractivity contribution in [3.8, 4) is 11.3 Å². The number of nitrogens with one attached hydrogen (secondary N) is 2. The van der Waals surface area contributed by atoms with Crippen molar-refractivity contribution in [1.82, 2.24) is 24.2 Å². The summed E-state index contributed by atoms with van der Waals surface area (Å²) in [4.78, 5) is 53.8. The summed E-state index contributed by atoms with van der Waals surface area (Å²) in [6.45, 7) is 5.37. The van der Waals surface area contributed by atoms with Gasteiger partial charge in [0.05, 0.1) is 12.0 Å². The second-order valence-corrected chi connectivity index (χ2v) is 9.41. The molecule has 0 spiro atoms. The van der Waals surface area contributed by atoms with Crippen LogP contribution in [0.5, 0.6) is 0 Å². The molecule has 0 fully saturated rings. The number of fused-ring (bicyclic) bond motifs is 2. The van der Waals surface area contributed by atoms with Crippen LogP contribution in [-0.2, 0) is 10.3 Å². The molecule has 0 unspecified atom stereocenters. The number of nitrogens with zero attached hydrogens (tertiary/aromatic N) is 4. The lowest BCUT2D eigenvalue weighted by molar-refractivity contribution is -0.123. The van der Waals surface area contributed by atoms with Crippen LogP contribution in [-0.4, -0.2) is 37.3 Å². The zero-order valence-corrected chi connectivity index (χ0v) is 20.3. The quantitative estimate of drug-likeness (QED) is 0.390. The number of amides is 1. The molecule has 35 heavy (non-hydrogen) atoms. The van der Waals surface area contributed by atoms with Crippen LogP contribution in [0.2, 0.25) is 0 Å². The van der Waals surface area contributed by atoms with Gasteiger partial charge in [-0.15, -0.1) is 16.1 Å². The van der Waals surface area contributed by atoms with Crippen LogP contribution < -0.4 is 21.4 Å². The molecule has 11 heteroatoms. The highest BCUT2D eigenvalue weighted by atomic mass is 32.1. The number of aromatic nitrogens is 5. The average molecular weight is 491 g/mol. The van der Waals surface area contributed by atoms with Gasteiger partial charge in [-0.05, 0) is 37.1 Å². The molecule has 3 aromatic heterocycles. The molecule has 5 aromatic rings. The van der Waals surface area contributed by atoms with Crippen molar-refractivity contribution < 1.29 is 9.63 Å². The number of H-pyrrole nitrogens is 1. The van der Waals surface area contributed by atoms with Gasteiger partial charge >= 0.3 is 5.69 Å². The summed E-state index contributed by atoms with van der Waals surface area (Å²) in [6.07, 6.45) is 1.33. The van der Waals surface area contributed by atoms with E-state index in [1.165, 1.54) is 34.9 Å². The van der Waals surface area contributed by atoms with Gasteiger partial charge in [-0.3, -0.25) is 24.5 Å². The van der Waals surface area contributed by atoms with Gasteiger partial charge in [0, 0.05) is 10.9 Å². The lowest BCUT2D eigenvalue weighted by atomic mass is 9.99. The van der Waals surface area contributed by atoms with E-state index in [4.69, 9.17) is 4.84 Å². The third-order valence-electron chi connectivity index (χ3n) is 6.04. The number of anilines is 1. The number of imidazole rings is 1. The zero-order chi connectivity index (χ0) is 24.9. The fraction of sp³-hybridized carbons (Fsp3) is 0.208. The lowest BCUT2D eigenvalue weighted by Crippen LogP contribution is -2.42. The Hall–Kier alpha value is -4.25.